The third-order valence-corrected chi connectivity index (χ3v) is 4.82. The fourth-order valence-corrected chi connectivity index (χ4v) is 3.29. The molecule has 3 heterocycles. The summed E-state index contributed by atoms with van der Waals surface area (Å²) in [5, 5.41) is 14.4. The highest BCUT2D eigenvalue weighted by Gasteiger charge is 2.19. The van der Waals surface area contributed by atoms with E-state index in [2.05, 4.69) is 25.6 Å². The fourth-order valence-electron chi connectivity index (χ4n) is 3.29. The molecule has 1 atom stereocenters. The number of carbonyl (C=O) groups is 2. The second-order valence-corrected chi connectivity index (χ2v) is 7.06. The number of pyridine rings is 1. The molecule has 3 aromatic heterocycles. The van der Waals surface area contributed by atoms with E-state index in [-0.39, 0.29) is 6.54 Å². The first-order valence-corrected chi connectivity index (χ1v) is 9.51. The molecule has 0 spiro atoms. The number of hydrogen-bond acceptors (Lipinski definition) is 8. The van der Waals surface area contributed by atoms with Crippen molar-refractivity contribution in [2.45, 2.75) is 19.0 Å². The van der Waals surface area contributed by atoms with Gasteiger partial charge in [-0.3, -0.25) is 9.59 Å². The zero-order valence-electron chi connectivity index (χ0n) is 16.9. The molecule has 1 aromatic carbocycles. The number of anilines is 1. The van der Waals surface area contributed by atoms with Crippen molar-refractivity contribution in [2.75, 3.05) is 12.4 Å². The number of imidazole rings is 1. The third-order valence-electron chi connectivity index (χ3n) is 4.82. The van der Waals surface area contributed by atoms with Gasteiger partial charge in [0.05, 0.1) is 18.8 Å². The van der Waals surface area contributed by atoms with Gasteiger partial charge in [-0.1, -0.05) is 12.1 Å². The second-order valence-electron chi connectivity index (χ2n) is 7.06. The molecule has 5 N–H and O–H groups in total. The van der Waals surface area contributed by atoms with Crippen LogP contribution in [0.25, 0.3) is 33.7 Å². The zero-order chi connectivity index (χ0) is 22.1. The minimum absolute atomic E-state index is 0.189. The number of benzene rings is 1. The number of oxazole rings is 1. The van der Waals surface area contributed by atoms with Crippen molar-refractivity contribution >= 4 is 40.0 Å². The number of aliphatic carboxylic acids is 1. The van der Waals surface area contributed by atoms with Gasteiger partial charge in [0.25, 0.3) is 5.71 Å². The number of carboxylic acids is 1. The molecule has 160 valence electrons. The van der Waals surface area contributed by atoms with Crippen molar-refractivity contribution in [3.8, 4) is 11.5 Å². The van der Waals surface area contributed by atoms with Gasteiger partial charge in [0, 0.05) is 26.2 Å². The van der Waals surface area contributed by atoms with E-state index in [1.54, 1.807) is 13.4 Å². The molecule has 4 rings (SSSR count). The molecule has 0 fully saturated rings. The molecule has 0 radical (unpaired) electrons. The van der Waals surface area contributed by atoms with E-state index in [0.717, 1.165) is 11.1 Å². The predicted octanol–water partition coefficient (Wildman–Crippen LogP) is 1.24. The molecule has 0 bridgehead atoms. The summed E-state index contributed by atoms with van der Waals surface area (Å²) in [6, 6.07) is 6.20. The van der Waals surface area contributed by atoms with Crippen LogP contribution >= 0.6 is 0 Å². The van der Waals surface area contributed by atoms with Crippen LogP contribution in [-0.2, 0) is 23.2 Å². The maximum absolute atomic E-state index is 12.0. The maximum Gasteiger partial charge on any atom is 0.305 e. The van der Waals surface area contributed by atoms with Crippen molar-refractivity contribution in [2.24, 2.45) is 12.8 Å². The molecular weight excluding hydrogens is 402 g/mol. The first-order valence-electron chi connectivity index (χ1n) is 9.51. The van der Waals surface area contributed by atoms with Gasteiger partial charge in [-0.05, 0) is 17.7 Å². The Balaban J connectivity index is 1.62. The molecule has 0 aliphatic heterocycles. The lowest BCUT2D eigenvalue weighted by Crippen LogP contribution is -2.41. The highest BCUT2D eigenvalue weighted by molar-refractivity contribution is 6.03. The quantitative estimate of drug-likeness (QED) is 0.343. The van der Waals surface area contributed by atoms with Crippen molar-refractivity contribution < 1.29 is 19.1 Å². The second kappa shape index (κ2) is 8.03. The summed E-state index contributed by atoms with van der Waals surface area (Å²) >= 11 is 0. The monoisotopic (exact) mass is 423 g/mol. The zero-order valence-corrected chi connectivity index (χ0v) is 16.9. The number of carbonyl (C=O) groups excluding carboxylic acids is 1. The van der Waals surface area contributed by atoms with Gasteiger partial charge in [-0.15, -0.1) is 0 Å². The molecule has 0 unspecified atom stereocenters. The van der Waals surface area contributed by atoms with Crippen LogP contribution in [-0.4, -0.2) is 49.6 Å². The van der Waals surface area contributed by atoms with Gasteiger partial charge in [0.15, 0.2) is 11.3 Å². The smallest absolute Gasteiger partial charge is 0.305 e. The number of aromatic nitrogens is 4. The number of nitrogens with two attached hydrogens (primary N) is 1. The average molecular weight is 423 g/mol. The highest BCUT2D eigenvalue weighted by Crippen LogP contribution is 2.31. The van der Waals surface area contributed by atoms with E-state index in [1.165, 1.54) is 0 Å². The summed E-state index contributed by atoms with van der Waals surface area (Å²) in [7, 11) is 3.64. The number of carboxylic acid groups (broad SMARTS) is 1. The molecule has 0 aliphatic rings. The Morgan fingerprint density at radius 3 is 2.84 bits per heavy atom. The lowest BCUT2D eigenvalue weighted by molar-refractivity contribution is -0.139. The lowest BCUT2D eigenvalue weighted by Gasteiger charge is -2.10. The van der Waals surface area contributed by atoms with Crippen LogP contribution in [0.3, 0.4) is 0 Å². The molecule has 0 aliphatic carbocycles. The van der Waals surface area contributed by atoms with Crippen LogP contribution in [0.2, 0.25) is 0 Å². The van der Waals surface area contributed by atoms with E-state index in [4.69, 9.17) is 15.3 Å². The van der Waals surface area contributed by atoms with Gasteiger partial charge in [0.1, 0.15) is 11.0 Å². The molecule has 0 saturated carbocycles. The Morgan fingerprint density at radius 1 is 1.29 bits per heavy atom. The van der Waals surface area contributed by atoms with E-state index in [9.17, 15) is 9.59 Å². The summed E-state index contributed by atoms with van der Waals surface area (Å²) in [5.41, 5.74) is 9.56. The largest absolute Gasteiger partial charge is 0.481 e. The van der Waals surface area contributed by atoms with Crippen LogP contribution in [0.4, 0.5) is 5.82 Å². The van der Waals surface area contributed by atoms with E-state index < -0.39 is 24.3 Å². The van der Waals surface area contributed by atoms with Gasteiger partial charge < -0.3 is 30.5 Å². The number of hydrogen-bond donors (Lipinski definition) is 4. The van der Waals surface area contributed by atoms with E-state index >= 15 is 0 Å². The minimum Gasteiger partial charge on any atom is -0.481 e. The van der Waals surface area contributed by atoms with Crippen molar-refractivity contribution in [1.82, 2.24) is 24.8 Å². The summed E-state index contributed by atoms with van der Waals surface area (Å²) in [6.07, 6.45) is 1.26. The first-order chi connectivity index (χ1) is 14.9. The molecule has 4 aromatic rings. The molecule has 11 nitrogen and oxygen atoms in total. The number of amides is 1. The Labute approximate surface area is 176 Å². The van der Waals surface area contributed by atoms with E-state index in [0.29, 0.717) is 34.0 Å². The Bertz CT molecular complexity index is 1290. The molecule has 31 heavy (non-hydrogen) atoms. The van der Waals surface area contributed by atoms with Crippen molar-refractivity contribution in [3.63, 3.8) is 0 Å². The van der Waals surface area contributed by atoms with Crippen LogP contribution in [0, 0.1) is 0 Å². The number of aryl methyl sites for hydroxylation is 1. The Hall–Kier alpha value is -3.99. The number of fused-ring (bicyclic) bond motifs is 3. The van der Waals surface area contributed by atoms with Gasteiger partial charge in [-0.2, -0.15) is 4.98 Å². The maximum atomic E-state index is 12.0. The van der Waals surface area contributed by atoms with Crippen LogP contribution in [0.5, 0.6) is 0 Å². The van der Waals surface area contributed by atoms with Crippen LogP contribution in [0.15, 0.2) is 35.0 Å². The summed E-state index contributed by atoms with van der Waals surface area (Å²) in [6.45, 7) is 0.189. The van der Waals surface area contributed by atoms with Crippen LogP contribution in [0.1, 0.15) is 12.0 Å². The SMILES string of the molecule is CNc1nc2oc(-c3cccc(CNC(=O)[C@H](N)CC(=O)O)c3)nc2c2c1ncn2C. The van der Waals surface area contributed by atoms with Crippen LogP contribution < -0.4 is 16.4 Å². The average Bonchev–Trinajstić information content (AvgIpc) is 3.34. The predicted molar refractivity (Wildman–Crippen MR) is 113 cm³/mol. The van der Waals surface area contributed by atoms with Gasteiger partial charge in [0.2, 0.25) is 11.8 Å². The third kappa shape index (κ3) is 3.90. The van der Waals surface area contributed by atoms with Gasteiger partial charge >= 0.3 is 5.97 Å². The highest BCUT2D eigenvalue weighted by atomic mass is 16.4. The lowest BCUT2D eigenvalue weighted by atomic mass is 10.1. The van der Waals surface area contributed by atoms with Crippen molar-refractivity contribution in [1.29, 1.82) is 0 Å². The molecular formula is C20H21N7O4. The van der Waals surface area contributed by atoms with Gasteiger partial charge in [-0.25, -0.2) is 9.97 Å². The first kappa shape index (κ1) is 20.3. The standard InChI is InChI=1S/C20H21N7O4/c1-22-17-14-16(27(2)9-24-14)15-20(26-17)31-19(25-15)11-5-3-4-10(6-11)8-23-18(30)12(21)7-13(28)29/h3-6,9,12H,7-8,21H2,1-2H3,(H,22,26)(H,23,30)(H,28,29)/t12-/m1/s1. The molecule has 11 heteroatoms. The topological polar surface area (TPSA) is 161 Å². The molecule has 0 saturated heterocycles. The van der Waals surface area contributed by atoms with Crippen molar-refractivity contribution in [3.05, 3.63) is 36.2 Å². The summed E-state index contributed by atoms with van der Waals surface area (Å²) in [4.78, 5) is 36.1. The number of nitrogens with zero attached hydrogens (tertiary/aromatic N) is 4. The Kier molecular flexibility index (Phi) is 5.26. The normalized spacial score (nSPS) is 12.2. The number of rotatable bonds is 7. The van der Waals surface area contributed by atoms with E-state index in [1.807, 2.05) is 35.9 Å². The number of nitrogens with one attached hydrogen (secondary N) is 2. The fraction of sp³-hybridized carbons (Fsp3) is 0.250. The molecule has 1 amide bonds. The summed E-state index contributed by atoms with van der Waals surface area (Å²) < 4.78 is 7.78. The summed E-state index contributed by atoms with van der Waals surface area (Å²) in [5.74, 6) is -0.677. The Morgan fingerprint density at radius 2 is 2.10 bits per heavy atom. The minimum atomic E-state index is -1.13.